The Morgan fingerprint density at radius 2 is 2.12 bits per heavy atom. The Hall–Kier alpha value is -1.25. The zero-order valence-electron chi connectivity index (χ0n) is 10.7. The molecule has 0 saturated carbocycles. The fourth-order valence-corrected chi connectivity index (χ4v) is 2.93. The molecule has 2 atom stereocenters. The number of rotatable bonds is 4. The first-order valence-corrected chi connectivity index (χ1v) is 6.94. The van der Waals surface area contributed by atoms with E-state index in [0.717, 1.165) is 6.42 Å². The van der Waals surface area contributed by atoms with Crippen LogP contribution >= 0.6 is 10.9 Å². The van der Waals surface area contributed by atoms with E-state index in [1.165, 1.54) is 0 Å². The van der Waals surface area contributed by atoms with Crippen LogP contribution in [0.4, 0.5) is 0 Å². The third kappa shape index (κ3) is 2.54. The van der Waals surface area contributed by atoms with Gasteiger partial charge in [-0.05, 0) is 10.8 Å². The van der Waals surface area contributed by atoms with Gasteiger partial charge in [0.25, 0.3) is 4.88 Å². The highest BCUT2D eigenvalue weighted by Crippen LogP contribution is 2.30. The van der Waals surface area contributed by atoms with Gasteiger partial charge in [0.15, 0.2) is 10.9 Å². The number of nitrogens with two attached hydrogens (primary N) is 1. The molecule has 4 nitrogen and oxygen atoms in total. The smallest absolute Gasteiger partial charge is 0.283 e. The van der Waals surface area contributed by atoms with Crippen molar-refractivity contribution in [3.05, 3.63) is 16.1 Å². The number of aromatic nitrogens is 1. The lowest BCUT2D eigenvalue weighted by Gasteiger charge is -2.02. The van der Waals surface area contributed by atoms with E-state index in [0.29, 0.717) is 16.1 Å². The second-order valence-corrected chi connectivity index (χ2v) is 5.66. The summed E-state index contributed by atoms with van der Waals surface area (Å²) in [7, 11) is -0.948. The number of nitriles is 1. The Labute approximate surface area is 105 Å². The van der Waals surface area contributed by atoms with Gasteiger partial charge in [-0.15, -0.1) is 5.14 Å². The molecule has 17 heavy (non-hydrogen) atoms. The molecule has 0 bridgehead atoms. The molecule has 92 valence electrons. The molecule has 2 N–H and O–H groups in total. The van der Waals surface area contributed by atoms with Crippen molar-refractivity contribution in [2.45, 2.75) is 40.0 Å². The molecule has 1 heterocycles. The highest BCUT2D eigenvalue weighted by atomic mass is 32.2. The van der Waals surface area contributed by atoms with Crippen molar-refractivity contribution in [3.8, 4) is 6.07 Å². The van der Waals surface area contributed by atoms with Gasteiger partial charge >= 0.3 is 0 Å². The number of nitrogens with zero attached hydrogens (tertiary/aromatic N) is 2. The highest BCUT2D eigenvalue weighted by molar-refractivity contribution is 7.28. The van der Waals surface area contributed by atoms with E-state index in [2.05, 4.69) is 10.4 Å². The number of ketones is 1. The lowest BCUT2D eigenvalue weighted by atomic mass is 9.98. The van der Waals surface area contributed by atoms with Gasteiger partial charge in [0.1, 0.15) is 17.3 Å². The summed E-state index contributed by atoms with van der Waals surface area (Å²) in [5.41, 5.74) is 1.07. The van der Waals surface area contributed by atoms with Gasteiger partial charge < -0.3 is 0 Å². The van der Waals surface area contributed by atoms with Crippen LogP contribution in [0.15, 0.2) is 0 Å². The van der Waals surface area contributed by atoms with E-state index in [1.54, 1.807) is 0 Å². The van der Waals surface area contributed by atoms with Crippen molar-refractivity contribution in [2.24, 2.45) is 5.92 Å². The topological polar surface area (TPSA) is 79.8 Å². The monoisotopic (exact) mass is 252 g/mol. The largest absolute Gasteiger partial charge is 0.288 e. The van der Waals surface area contributed by atoms with Crippen LogP contribution in [0.5, 0.6) is 0 Å². The van der Waals surface area contributed by atoms with Crippen molar-refractivity contribution in [3.63, 3.8) is 0 Å². The van der Waals surface area contributed by atoms with Crippen molar-refractivity contribution < 1.29 is 4.79 Å². The van der Waals surface area contributed by atoms with Gasteiger partial charge in [-0.25, -0.2) is 0 Å². The molecule has 0 saturated heterocycles. The predicted molar refractivity (Wildman–Crippen MR) is 69.5 cm³/mol. The minimum atomic E-state index is -0.948. The summed E-state index contributed by atoms with van der Waals surface area (Å²) in [4.78, 5) is 12.6. The average Bonchev–Trinajstić information content (AvgIpc) is 2.64. The zero-order valence-corrected chi connectivity index (χ0v) is 11.5. The molecule has 1 aromatic rings. The Morgan fingerprint density at radius 3 is 2.53 bits per heavy atom. The summed E-state index contributed by atoms with van der Waals surface area (Å²) in [6.07, 6.45) is 0.745. The Bertz CT molecular complexity index is 471. The van der Waals surface area contributed by atoms with Crippen molar-refractivity contribution in [1.29, 1.82) is 5.26 Å². The van der Waals surface area contributed by atoms with Crippen LogP contribution in [0, 0.1) is 17.2 Å². The van der Waals surface area contributed by atoms with Gasteiger partial charge in [0.05, 0.1) is 0 Å². The summed E-state index contributed by atoms with van der Waals surface area (Å²) in [6.45, 7) is 7.70. The molecule has 0 amide bonds. The highest BCUT2D eigenvalue weighted by Gasteiger charge is 2.34. The molecule has 0 aliphatic carbocycles. The molecule has 2 unspecified atom stereocenters. The maximum atomic E-state index is 12.2. The van der Waals surface area contributed by atoms with Crippen LogP contribution in [0.2, 0.25) is 0 Å². The van der Waals surface area contributed by atoms with Crippen LogP contribution < -0.4 is 5.14 Å². The summed E-state index contributed by atoms with van der Waals surface area (Å²) in [6, 6.07) is 2.09. The summed E-state index contributed by atoms with van der Waals surface area (Å²) >= 11 is 0. The fourth-order valence-electron chi connectivity index (χ4n) is 1.56. The standard InChI is InChI=1S/C12H17N3OS/c1-5-8(4)11(16)12-9(6-13)10(7(2)3)15-17(12)14/h7-8,14H,5H2,1-4H3/p+1. The quantitative estimate of drug-likeness (QED) is 0.660. The van der Waals surface area contributed by atoms with Crippen LogP contribution in [-0.4, -0.2) is 10.2 Å². The first-order chi connectivity index (χ1) is 7.93. The predicted octanol–water partition coefficient (Wildman–Crippen LogP) is 2.77. The van der Waals surface area contributed by atoms with Gasteiger partial charge in [-0.3, -0.25) is 4.79 Å². The van der Waals surface area contributed by atoms with Crippen LogP contribution in [-0.2, 0) is 0 Å². The lowest BCUT2D eigenvalue weighted by Crippen LogP contribution is -2.12. The SMILES string of the molecule is CCC(C)C(=O)c1c(C#N)c(C(C)C)n[s+]1N. The lowest BCUT2D eigenvalue weighted by molar-refractivity contribution is 0.0931. The summed E-state index contributed by atoms with van der Waals surface area (Å²) < 4.78 is 4.26. The number of Topliss-reactive ketones (excluding diaryl/α,β-unsaturated/α-hetero) is 1. The first kappa shape index (κ1) is 13.8. The molecule has 1 rings (SSSR count). The number of carbonyl (C=O) groups excluding carboxylic acids is 1. The van der Waals surface area contributed by atoms with Crippen molar-refractivity contribution >= 4 is 16.6 Å². The Balaban J connectivity index is 3.35. The minimum Gasteiger partial charge on any atom is -0.288 e. The van der Waals surface area contributed by atoms with Crippen molar-refractivity contribution in [1.82, 2.24) is 4.37 Å². The van der Waals surface area contributed by atoms with E-state index in [4.69, 9.17) is 5.14 Å². The Kier molecular flexibility index (Phi) is 4.38. The third-order valence-electron chi connectivity index (χ3n) is 2.83. The number of hydrogen-bond donors (Lipinski definition) is 1. The average molecular weight is 252 g/mol. The van der Waals surface area contributed by atoms with Gasteiger partial charge in [0.2, 0.25) is 5.78 Å². The molecule has 0 radical (unpaired) electrons. The maximum absolute atomic E-state index is 12.2. The second-order valence-electron chi connectivity index (χ2n) is 4.44. The molecule has 0 aromatic carbocycles. The van der Waals surface area contributed by atoms with E-state index in [9.17, 15) is 10.1 Å². The molecular formula is C12H18N3OS+. The fraction of sp³-hybridized carbons (Fsp3) is 0.583. The number of carbonyl (C=O) groups is 1. The molecule has 0 spiro atoms. The van der Waals surface area contributed by atoms with E-state index < -0.39 is 10.9 Å². The third-order valence-corrected chi connectivity index (χ3v) is 4.05. The van der Waals surface area contributed by atoms with Crippen LogP contribution in [0.25, 0.3) is 0 Å². The molecule has 0 fully saturated rings. The minimum absolute atomic E-state index is 0.0331. The molecule has 1 aromatic heterocycles. The van der Waals surface area contributed by atoms with E-state index in [1.807, 2.05) is 27.7 Å². The Morgan fingerprint density at radius 1 is 1.53 bits per heavy atom. The van der Waals surface area contributed by atoms with E-state index >= 15 is 0 Å². The molecular weight excluding hydrogens is 234 g/mol. The van der Waals surface area contributed by atoms with Crippen LogP contribution in [0.3, 0.4) is 0 Å². The molecule has 0 aliphatic rings. The van der Waals surface area contributed by atoms with Gasteiger partial charge in [0, 0.05) is 11.8 Å². The zero-order chi connectivity index (χ0) is 13.2. The molecule has 0 aliphatic heterocycles. The van der Waals surface area contributed by atoms with E-state index in [-0.39, 0.29) is 17.6 Å². The number of nitrogen functional groups attached to an aromatic ring is 1. The maximum Gasteiger partial charge on any atom is 0.283 e. The summed E-state index contributed by atoms with van der Waals surface area (Å²) in [5.74, 6) is -0.0201. The normalized spacial score (nSPS) is 13.6. The second kappa shape index (κ2) is 5.39. The van der Waals surface area contributed by atoms with Gasteiger partial charge in [-0.1, -0.05) is 27.7 Å². The van der Waals surface area contributed by atoms with Gasteiger partial charge in [-0.2, -0.15) is 5.26 Å². The van der Waals surface area contributed by atoms with Crippen molar-refractivity contribution in [2.75, 3.05) is 5.14 Å². The summed E-state index contributed by atoms with van der Waals surface area (Å²) in [5, 5.41) is 15.1. The van der Waals surface area contributed by atoms with Crippen LogP contribution in [0.1, 0.15) is 61.0 Å². The molecule has 5 heteroatoms. The first-order valence-electron chi connectivity index (χ1n) is 5.70. The number of hydrogen-bond acceptors (Lipinski definition) is 4.